The molecule has 3 heterocycles. The molecule has 1 amide bonds. The zero-order valence-corrected chi connectivity index (χ0v) is 18.7. The highest BCUT2D eigenvalue weighted by molar-refractivity contribution is 5.99. The van der Waals surface area contributed by atoms with Gasteiger partial charge in [0, 0.05) is 31.4 Å². The van der Waals surface area contributed by atoms with Gasteiger partial charge in [-0.05, 0) is 29.0 Å². The van der Waals surface area contributed by atoms with E-state index in [-0.39, 0.29) is 35.3 Å². The Balaban J connectivity index is 1.58. The number of anilines is 1. The molecule has 5 rings (SSSR count). The number of carbonyl (C=O) groups excluding carboxylic acids is 1. The number of aromatic nitrogens is 3. The molecule has 0 aliphatic carbocycles. The lowest BCUT2D eigenvalue weighted by Crippen LogP contribution is -2.55. The Labute approximate surface area is 200 Å². The predicted molar refractivity (Wildman–Crippen MR) is 130 cm³/mol. The first kappa shape index (κ1) is 22.2. The van der Waals surface area contributed by atoms with Crippen molar-refractivity contribution in [2.75, 3.05) is 24.5 Å². The van der Waals surface area contributed by atoms with Gasteiger partial charge in [0.25, 0.3) is 0 Å². The number of aromatic hydroxyl groups is 1. The Morgan fingerprint density at radius 3 is 2.86 bits per heavy atom. The van der Waals surface area contributed by atoms with Gasteiger partial charge >= 0.3 is 0 Å². The third-order valence-electron chi connectivity index (χ3n) is 6.27. The van der Waals surface area contributed by atoms with Crippen molar-refractivity contribution >= 4 is 33.4 Å². The van der Waals surface area contributed by atoms with Crippen molar-refractivity contribution in [3.8, 4) is 23.1 Å². The van der Waals surface area contributed by atoms with E-state index in [2.05, 4.69) is 27.6 Å². The molecule has 1 aliphatic heterocycles. The van der Waals surface area contributed by atoms with Crippen LogP contribution in [-0.4, -0.2) is 56.5 Å². The molecule has 1 saturated heterocycles. The number of rotatable bonds is 4. The van der Waals surface area contributed by atoms with E-state index in [1.807, 2.05) is 29.2 Å². The number of hydrogen-bond donors (Lipinski definition) is 1. The second-order valence-electron chi connectivity index (χ2n) is 8.29. The van der Waals surface area contributed by atoms with Gasteiger partial charge in [0.15, 0.2) is 5.82 Å². The minimum absolute atomic E-state index is 0.0128. The highest BCUT2D eigenvalue weighted by Crippen LogP contribution is 2.36. The molecule has 174 valence electrons. The van der Waals surface area contributed by atoms with Crippen molar-refractivity contribution in [3.05, 3.63) is 67.4 Å². The number of amides is 1. The van der Waals surface area contributed by atoms with E-state index in [4.69, 9.17) is 0 Å². The van der Waals surface area contributed by atoms with E-state index in [1.165, 1.54) is 24.7 Å². The molecule has 4 aromatic rings. The lowest BCUT2D eigenvalue weighted by atomic mass is 10.00. The molecule has 2 aromatic heterocycles. The number of carbonyl (C=O) groups is 1. The summed E-state index contributed by atoms with van der Waals surface area (Å²) in [5.41, 5.74) is 0.651. The van der Waals surface area contributed by atoms with E-state index in [0.29, 0.717) is 36.4 Å². The van der Waals surface area contributed by atoms with Crippen molar-refractivity contribution in [3.63, 3.8) is 0 Å². The van der Waals surface area contributed by atoms with E-state index in [1.54, 1.807) is 11.0 Å². The molecule has 0 bridgehead atoms. The number of hydrogen-bond acceptors (Lipinski definition) is 7. The summed E-state index contributed by atoms with van der Waals surface area (Å²) in [6.07, 6.45) is 4.22. The first-order valence-corrected chi connectivity index (χ1v) is 11.1. The quantitative estimate of drug-likeness (QED) is 0.454. The van der Waals surface area contributed by atoms with Gasteiger partial charge in [-0.2, -0.15) is 5.26 Å². The largest absolute Gasteiger partial charge is 0.508 e. The number of pyridine rings is 1. The molecule has 1 unspecified atom stereocenters. The summed E-state index contributed by atoms with van der Waals surface area (Å²) in [5, 5.41) is 21.4. The first-order valence-electron chi connectivity index (χ1n) is 11.1. The average molecular weight is 468 g/mol. The SMILES string of the molecule is C=CC(=O)N1CCN(c2ncnc3c(F)c(-c4cc(O)cc5ccccc45)ncc23)CC1CC#N. The maximum absolute atomic E-state index is 15.8. The zero-order chi connectivity index (χ0) is 24.5. The molecule has 9 heteroatoms. The average Bonchev–Trinajstić information content (AvgIpc) is 2.88. The molecule has 8 nitrogen and oxygen atoms in total. The zero-order valence-electron chi connectivity index (χ0n) is 18.7. The Hall–Kier alpha value is -4.58. The molecule has 35 heavy (non-hydrogen) atoms. The van der Waals surface area contributed by atoms with Crippen LogP contribution in [0.3, 0.4) is 0 Å². The molecule has 0 radical (unpaired) electrons. The van der Waals surface area contributed by atoms with Gasteiger partial charge in [0.2, 0.25) is 5.91 Å². The summed E-state index contributed by atoms with van der Waals surface area (Å²) in [4.78, 5) is 28.8. The first-order chi connectivity index (χ1) is 17.0. The van der Waals surface area contributed by atoms with E-state index in [0.717, 1.165) is 10.8 Å². The Morgan fingerprint density at radius 2 is 2.06 bits per heavy atom. The number of halogens is 1. The van der Waals surface area contributed by atoms with Crippen LogP contribution in [0.4, 0.5) is 10.2 Å². The van der Waals surface area contributed by atoms with Crippen molar-refractivity contribution in [2.45, 2.75) is 12.5 Å². The summed E-state index contributed by atoms with van der Waals surface area (Å²) in [5.74, 6) is -0.342. The molecule has 1 aliphatic rings. The van der Waals surface area contributed by atoms with Gasteiger partial charge in [-0.25, -0.2) is 14.4 Å². The molecular formula is C26H21FN6O2. The fourth-order valence-electron chi connectivity index (χ4n) is 4.64. The van der Waals surface area contributed by atoms with Crippen LogP contribution in [0.5, 0.6) is 5.75 Å². The number of fused-ring (bicyclic) bond motifs is 2. The van der Waals surface area contributed by atoms with E-state index in [9.17, 15) is 15.2 Å². The Bertz CT molecular complexity index is 1520. The minimum Gasteiger partial charge on any atom is -0.508 e. The third-order valence-corrected chi connectivity index (χ3v) is 6.27. The summed E-state index contributed by atoms with van der Waals surface area (Å²) >= 11 is 0. The van der Waals surface area contributed by atoms with Crippen molar-refractivity contribution in [1.29, 1.82) is 5.26 Å². The van der Waals surface area contributed by atoms with E-state index >= 15 is 4.39 Å². The van der Waals surface area contributed by atoms with Gasteiger partial charge in [0.1, 0.15) is 29.1 Å². The van der Waals surface area contributed by atoms with Crippen molar-refractivity contribution < 1.29 is 14.3 Å². The topological polar surface area (TPSA) is 106 Å². The fourth-order valence-corrected chi connectivity index (χ4v) is 4.64. The van der Waals surface area contributed by atoms with Crippen molar-refractivity contribution in [2.24, 2.45) is 0 Å². The minimum atomic E-state index is -0.615. The second-order valence-corrected chi connectivity index (χ2v) is 8.29. The van der Waals surface area contributed by atoms with Crippen LogP contribution >= 0.6 is 0 Å². The maximum atomic E-state index is 15.8. The van der Waals surface area contributed by atoms with Gasteiger partial charge in [-0.1, -0.05) is 30.8 Å². The summed E-state index contributed by atoms with van der Waals surface area (Å²) in [7, 11) is 0. The standard InChI is InChI=1S/C26H21FN6O2/c1-2-22(35)33-10-9-32(14-17(33)7-8-28)26-21-13-29-24(23(27)25(21)30-15-31-26)20-12-18(34)11-16-5-3-4-6-19(16)20/h2-6,11-13,15,17,34H,1,7,9-10,14H2. The van der Waals surface area contributed by atoms with E-state index < -0.39 is 5.82 Å². The Kier molecular flexibility index (Phi) is 5.71. The lowest BCUT2D eigenvalue weighted by molar-refractivity contribution is -0.128. The van der Waals surface area contributed by atoms with Crippen LogP contribution < -0.4 is 4.90 Å². The number of phenols is 1. The normalized spacial score (nSPS) is 15.8. The number of benzene rings is 2. The van der Waals surface area contributed by atoms with Crippen LogP contribution in [0.2, 0.25) is 0 Å². The highest BCUT2D eigenvalue weighted by atomic mass is 19.1. The smallest absolute Gasteiger partial charge is 0.246 e. The molecule has 1 N–H and O–H groups in total. The maximum Gasteiger partial charge on any atom is 0.246 e. The van der Waals surface area contributed by atoms with Crippen LogP contribution in [0.15, 0.2) is 61.6 Å². The van der Waals surface area contributed by atoms with Gasteiger partial charge in [0.05, 0.1) is 23.9 Å². The third kappa shape index (κ3) is 3.89. The summed E-state index contributed by atoms with van der Waals surface area (Å²) < 4.78 is 15.8. The molecule has 2 aromatic carbocycles. The highest BCUT2D eigenvalue weighted by Gasteiger charge is 2.31. The van der Waals surface area contributed by atoms with Gasteiger partial charge < -0.3 is 14.9 Å². The number of piperazine rings is 1. The molecule has 0 saturated carbocycles. The van der Waals surface area contributed by atoms with Crippen LogP contribution in [0.1, 0.15) is 6.42 Å². The van der Waals surface area contributed by atoms with Crippen LogP contribution in [-0.2, 0) is 4.79 Å². The molecule has 1 fully saturated rings. The number of phenolic OH excluding ortho intramolecular Hbond substituents is 1. The Morgan fingerprint density at radius 1 is 1.23 bits per heavy atom. The summed E-state index contributed by atoms with van der Waals surface area (Å²) in [6, 6.07) is 12.3. The van der Waals surface area contributed by atoms with Crippen LogP contribution in [0.25, 0.3) is 32.9 Å². The predicted octanol–water partition coefficient (Wildman–Crippen LogP) is 3.81. The molecular weight excluding hydrogens is 447 g/mol. The van der Waals surface area contributed by atoms with Gasteiger partial charge in [-0.15, -0.1) is 0 Å². The lowest BCUT2D eigenvalue weighted by Gasteiger charge is -2.41. The van der Waals surface area contributed by atoms with Gasteiger partial charge in [-0.3, -0.25) is 9.78 Å². The van der Waals surface area contributed by atoms with Crippen LogP contribution in [0, 0.1) is 17.1 Å². The number of nitriles is 1. The molecule has 0 spiro atoms. The monoisotopic (exact) mass is 468 g/mol. The van der Waals surface area contributed by atoms with Crippen molar-refractivity contribution in [1.82, 2.24) is 19.9 Å². The number of nitrogens with zero attached hydrogens (tertiary/aromatic N) is 6. The molecule has 1 atom stereocenters. The second kappa shape index (κ2) is 8.99. The fraction of sp³-hybridized carbons (Fsp3) is 0.192. The summed E-state index contributed by atoms with van der Waals surface area (Å²) in [6.45, 7) is 4.74.